The molecule has 7 rings (SSSR count). The van der Waals surface area contributed by atoms with E-state index in [0.717, 1.165) is 48.9 Å². The SMILES string of the molecule is CC1=NN(c2ccccc2)C(=O)C12C(c1ccc(Br)cc1)C(c1ccc(Br)cc1)N1CC/C(=C\c3ccc(Br)cc3)C12. The van der Waals surface area contributed by atoms with Crippen molar-refractivity contribution in [3.63, 3.8) is 0 Å². The second-order valence-corrected chi connectivity index (χ2v) is 13.9. The van der Waals surface area contributed by atoms with Crippen LogP contribution >= 0.6 is 47.8 Å². The predicted octanol–water partition coefficient (Wildman–Crippen LogP) is 9.38. The molecule has 0 saturated carbocycles. The minimum Gasteiger partial charge on any atom is -0.287 e. The molecule has 4 nitrogen and oxygen atoms in total. The third-order valence-electron chi connectivity index (χ3n) is 8.99. The van der Waals surface area contributed by atoms with E-state index < -0.39 is 5.41 Å². The van der Waals surface area contributed by atoms with Crippen molar-refractivity contribution >= 4 is 71.2 Å². The summed E-state index contributed by atoms with van der Waals surface area (Å²) < 4.78 is 3.11. The highest BCUT2D eigenvalue weighted by molar-refractivity contribution is 9.11. The molecule has 3 aliphatic rings. The van der Waals surface area contributed by atoms with E-state index in [1.54, 1.807) is 5.01 Å². The van der Waals surface area contributed by atoms with Crippen molar-refractivity contribution in [2.75, 3.05) is 11.6 Å². The zero-order valence-electron chi connectivity index (χ0n) is 22.9. The summed E-state index contributed by atoms with van der Waals surface area (Å²) >= 11 is 10.8. The van der Waals surface area contributed by atoms with E-state index in [0.29, 0.717) is 0 Å². The molecule has 210 valence electrons. The largest absolute Gasteiger partial charge is 0.287 e. The molecular formula is C35H28Br3N3O. The predicted molar refractivity (Wildman–Crippen MR) is 180 cm³/mol. The molecule has 0 aromatic heterocycles. The Kier molecular flexibility index (Phi) is 7.33. The summed E-state index contributed by atoms with van der Waals surface area (Å²) in [5, 5.41) is 6.70. The Morgan fingerprint density at radius 2 is 1.36 bits per heavy atom. The van der Waals surface area contributed by atoms with Crippen LogP contribution in [0.2, 0.25) is 0 Å². The number of carbonyl (C=O) groups is 1. The maximum Gasteiger partial charge on any atom is 0.262 e. The van der Waals surface area contributed by atoms with Crippen LogP contribution in [0.4, 0.5) is 5.69 Å². The van der Waals surface area contributed by atoms with Gasteiger partial charge in [-0.2, -0.15) is 10.1 Å². The average Bonchev–Trinajstić information content (AvgIpc) is 3.63. The lowest BCUT2D eigenvalue weighted by molar-refractivity contribution is -0.124. The second kappa shape index (κ2) is 11.0. The lowest BCUT2D eigenvalue weighted by atomic mass is 9.63. The minimum absolute atomic E-state index is 0.00934. The Labute approximate surface area is 271 Å². The molecule has 4 atom stereocenters. The lowest BCUT2D eigenvalue weighted by Crippen LogP contribution is -2.50. The third-order valence-corrected chi connectivity index (χ3v) is 10.6. The van der Waals surface area contributed by atoms with Gasteiger partial charge in [0.2, 0.25) is 0 Å². The Bertz CT molecular complexity index is 1700. The summed E-state index contributed by atoms with van der Waals surface area (Å²) in [4.78, 5) is 17.7. The van der Waals surface area contributed by atoms with E-state index in [-0.39, 0.29) is 23.9 Å². The molecule has 4 aromatic carbocycles. The Hall–Kier alpha value is -2.84. The molecular weight excluding hydrogens is 718 g/mol. The van der Waals surface area contributed by atoms with Gasteiger partial charge in [0, 0.05) is 31.9 Å². The van der Waals surface area contributed by atoms with Crippen LogP contribution in [0.25, 0.3) is 6.08 Å². The van der Waals surface area contributed by atoms with Crippen molar-refractivity contribution in [1.29, 1.82) is 0 Å². The fourth-order valence-corrected chi connectivity index (χ4v) is 8.10. The van der Waals surface area contributed by atoms with E-state index in [1.165, 1.54) is 11.1 Å². The molecule has 42 heavy (non-hydrogen) atoms. The Morgan fingerprint density at radius 3 is 1.98 bits per heavy atom. The minimum atomic E-state index is -0.876. The number of benzene rings is 4. The van der Waals surface area contributed by atoms with Crippen LogP contribution in [-0.4, -0.2) is 29.1 Å². The van der Waals surface area contributed by atoms with Gasteiger partial charge >= 0.3 is 0 Å². The first-order chi connectivity index (χ1) is 20.4. The molecule has 4 unspecified atom stereocenters. The van der Waals surface area contributed by atoms with Gasteiger partial charge in [-0.1, -0.05) is 108 Å². The number of anilines is 1. The molecule has 3 heterocycles. The topological polar surface area (TPSA) is 35.9 Å². The smallest absolute Gasteiger partial charge is 0.262 e. The number of nitrogens with zero attached hydrogens (tertiary/aromatic N) is 3. The number of halogens is 3. The quantitative estimate of drug-likeness (QED) is 0.209. The zero-order chi connectivity index (χ0) is 29.0. The van der Waals surface area contributed by atoms with Crippen LogP contribution in [0, 0.1) is 5.41 Å². The summed E-state index contributed by atoms with van der Waals surface area (Å²) in [7, 11) is 0. The van der Waals surface area contributed by atoms with Crippen LogP contribution in [-0.2, 0) is 4.79 Å². The van der Waals surface area contributed by atoms with Crippen LogP contribution in [0.3, 0.4) is 0 Å². The van der Waals surface area contributed by atoms with Gasteiger partial charge in [0.05, 0.1) is 17.4 Å². The summed E-state index contributed by atoms with van der Waals surface area (Å²) in [5.41, 5.74) is 5.54. The molecule has 3 aliphatic heterocycles. The maximum absolute atomic E-state index is 15.1. The van der Waals surface area contributed by atoms with E-state index >= 15 is 4.79 Å². The van der Waals surface area contributed by atoms with E-state index in [2.05, 4.69) is 138 Å². The van der Waals surface area contributed by atoms with Crippen molar-refractivity contribution in [1.82, 2.24) is 4.90 Å². The van der Waals surface area contributed by atoms with Crippen molar-refractivity contribution in [3.05, 3.63) is 139 Å². The molecule has 0 bridgehead atoms. The average molecular weight is 746 g/mol. The van der Waals surface area contributed by atoms with Crippen LogP contribution in [0.15, 0.2) is 127 Å². The number of hydrogen-bond donors (Lipinski definition) is 0. The van der Waals surface area contributed by atoms with Crippen molar-refractivity contribution in [3.8, 4) is 0 Å². The Balaban J connectivity index is 1.48. The standard InChI is InChI=1S/C35H28Br3N3O/c1-22-35(34(42)41(39-22)30-5-3-2-4-6-30)31(24-9-15-28(37)16-10-24)32(25-11-17-29(38)18-12-25)40-20-19-26(33(35)40)21-23-7-13-27(36)14-8-23/h2-18,21,31-33H,19-20H2,1H3/b26-21+. The van der Waals surface area contributed by atoms with E-state index in [9.17, 15) is 0 Å². The molecule has 2 saturated heterocycles. The van der Waals surface area contributed by atoms with Crippen LogP contribution in [0.1, 0.15) is 42.0 Å². The number of carbonyl (C=O) groups excluding carboxylic acids is 1. The van der Waals surface area contributed by atoms with Gasteiger partial charge in [-0.25, -0.2) is 0 Å². The van der Waals surface area contributed by atoms with Crippen LogP contribution in [0.5, 0.6) is 0 Å². The van der Waals surface area contributed by atoms with Gasteiger partial charge in [0.1, 0.15) is 5.41 Å². The monoisotopic (exact) mass is 743 g/mol. The van der Waals surface area contributed by atoms with Gasteiger partial charge in [-0.3, -0.25) is 9.69 Å². The third kappa shape index (κ3) is 4.48. The fourth-order valence-electron chi connectivity index (χ4n) is 7.31. The lowest BCUT2D eigenvalue weighted by Gasteiger charge is -2.36. The van der Waals surface area contributed by atoms with Crippen molar-refractivity contribution < 1.29 is 4.79 Å². The number of hydrogen-bond acceptors (Lipinski definition) is 3. The van der Waals surface area contributed by atoms with Gasteiger partial charge in [-0.05, 0) is 84.1 Å². The highest BCUT2D eigenvalue weighted by atomic mass is 79.9. The van der Waals surface area contributed by atoms with E-state index in [1.807, 2.05) is 30.3 Å². The molecule has 0 aliphatic carbocycles. The maximum atomic E-state index is 15.1. The van der Waals surface area contributed by atoms with Crippen molar-refractivity contribution in [2.24, 2.45) is 10.5 Å². The van der Waals surface area contributed by atoms with Crippen molar-refractivity contribution in [2.45, 2.75) is 31.3 Å². The first-order valence-electron chi connectivity index (χ1n) is 14.1. The molecule has 4 aromatic rings. The summed E-state index contributed by atoms with van der Waals surface area (Å²) in [6.07, 6.45) is 3.20. The molecule has 1 amide bonds. The number of rotatable bonds is 4. The van der Waals surface area contributed by atoms with Gasteiger partial charge in [0.15, 0.2) is 0 Å². The number of amides is 1. The molecule has 0 radical (unpaired) electrons. The highest BCUT2D eigenvalue weighted by Gasteiger charge is 2.70. The van der Waals surface area contributed by atoms with Crippen LogP contribution < -0.4 is 5.01 Å². The van der Waals surface area contributed by atoms with E-state index in [4.69, 9.17) is 5.10 Å². The fraction of sp³-hybridized carbons (Fsp3) is 0.200. The second-order valence-electron chi connectivity index (χ2n) is 11.2. The molecule has 7 heteroatoms. The first kappa shape index (κ1) is 28.0. The summed E-state index contributed by atoms with van der Waals surface area (Å²) in [6.45, 7) is 2.93. The zero-order valence-corrected chi connectivity index (χ0v) is 27.7. The van der Waals surface area contributed by atoms with Gasteiger partial charge in [-0.15, -0.1) is 0 Å². The molecule has 2 fully saturated rings. The summed E-state index contributed by atoms with van der Waals surface area (Å²) in [6, 6.07) is 35.2. The Morgan fingerprint density at radius 1 is 0.786 bits per heavy atom. The number of hydrazone groups is 1. The number of para-hydroxylation sites is 1. The molecule has 0 N–H and O–H groups in total. The van der Waals surface area contributed by atoms with Gasteiger partial charge < -0.3 is 0 Å². The normalized spacial score (nSPS) is 26.3. The highest BCUT2D eigenvalue weighted by Crippen LogP contribution is 2.64. The van der Waals surface area contributed by atoms with Gasteiger partial charge in [0.25, 0.3) is 5.91 Å². The summed E-state index contributed by atoms with van der Waals surface area (Å²) in [5.74, 6) is -0.104. The molecule has 1 spiro atoms. The first-order valence-corrected chi connectivity index (χ1v) is 16.4. The number of fused-ring (bicyclic) bond motifs is 2.